The molecule has 2 heterocycles. The molecule has 1 amide bonds. The molecule has 2 aromatic rings. The van der Waals surface area contributed by atoms with Gasteiger partial charge in [-0.25, -0.2) is 10.8 Å². The van der Waals surface area contributed by atoms with Crippen LogP contribution < -0.4 is 16.6 Å². The molecule has 0 aliphatic carbocycles. The number of nitrogens with one attached hydrogen (secondary N) is 2. The Labute approximate surface area is 110 Å². The molecule has 0 bridgehead atoms. The first kappa shape index (κ1) is 13.0. The largest absolute Gasteiger partial charge is 0.352 e. The van der Waals surface area contributed by atoms with Crippen molar-refractivity contribution in [2.24, 2.45) is 5.84 Å². The van der Waals surface area contributed by atoms with Gasteiger partial charge in [-0.3, -0.25) is 9.48 Å². The van der Waals surface area contributed by atoms with E-state index in [1.165, 1.54) is 6.20 Å². The summed E-state index contributed by atoms with van der Waals surface area (Å²) in [6.45, 7) is 1.28. The van der Waals surface area contributed by atoms with E-state index in [4.69, 9.17) is 5.84 Å². The maximum Gasteiger partial charge on any atom is 0.252 e. The first-order valence-corrected chi connectivity index (χ1v) is 5.84. The zero-order valence-corrected chi connectivity index (χ0v) is 10.3. The quantitative estimate of drug-likeness (QED) is 0.376. The topological polar surface area (TPSA) is 111 Å². The molecule has 0 radical (unpaired) electrons. The fraction of sp³-hybridized carbons (Fsp3) is 0.273. The number of amides is 1. The molecule has 0 aliphatic rings. The second-order valence-electron chi connectivity index (χ2n) is 3.85. The lowest BCUT2D eigenvalue weighted by Gasteiger charge is -2.05. The standard InChI is InChI=1S/C11H15N7O/c12-16-10-3-2-9(8-14-10)11(19)13-4-1-6-18-7-5-15-17-18/h2-3,5,7-8H,1,4,6,12H2,(H,13,19)(H,14,16). The summed E-state index contributed by atoms with van der Waals surface area (Å²) in [5, 5.41) is 10.3. The zero-order valence-electron chi connectivity index (χ0n) is 10.3. The van der Waals surface area contributed by atoms with Gasteiger partial charge in [0.15, 0.2) is 0 Å². The fourth-order valence-corrected chi connectivity index (χ4v) is 1.51. The number of hydrogen-bond acceptors (Lipinski definition) is 6. The maximum atomic E-state index is 11.8. The van der Waals surface area contributed by atoms with Crippen LogP contribution in [0.25, 0.3) is 0 Å². The van der Waals surface area contributed by atoms with Crippen molar-refractivity contribution in [3.8, 4) is 0 Å². The smallest absolute Gasteiger partial charge is 0.252 e. The number of carbonyl (C=O) groups excluding carboxylic acids is 1. The lowest BCUT2D eigenvalue weighted by Crippen LogP contribution is -2.25. The van der Waals surface area contributed by atoms with Crippen molar-refractivity contribution >= 4 is 11.7 Å². The van der Waals surface area contributed by atoms with Crippen molar-refractivity contribution in [2.75, 3.05) is 12.0 Å². The molecule has 8 heteroatoms. The number of rotatable bonds is 6. The minimum absolute atomic E-state index is 0.158. The number of nitrogen functional groups attached to an aromatic ring is 1. The molecule has 0 saturated carbocycles. The van der Waals surface area contributed by atoms with Crippen LogP contribution in [0.2, 0.25) is 0 Å². The van der Waals surface area contributed by atoms with Crippen LogP contribution in [0.4, 0.5) is 5.82 Å². The van der Waals surface area contributed by atoms with E-state index < -0.39 is 0 Å². The summed E-state index contributed by atoms with van der Waals surface area (Å²) in [4.78, 5) is 15.7. The molecule has 0 aliphatic heterocycles. The number of hydrogen-bond donors (Lipinski definition) is 3. The molecule has 0 fully saturated rings. The Morgan fingerprint density at radius 3 is 2.95 bits per heavy atom. The Morgan fingerprint density at radius 1 is 1.42 bits per heavy atom. The summed E-state index contributed by atoms with van der Waals surface area (Å²) in [6.07, 6.45) is 5.66. The number of anilines is 1. The van der Waals surface area contributed by atoms with Crippen LogP contribution in [0.1, 0.15) is 16.8 Å². The molecule has 0 saturated heterocycles. The van der Waals surface area contributed by atoms with E-state index in [1.54, 1.807) is 29.2 Å². The second kappa shape index (κ2) is 6.45. The summed E-state index contributed by atoms with van der Waals surface area (Å²) in [7, 11) is 0. The van der Waals surface area contributed by atoms with Crippen LogP contribution in [0, 0.1) is 0 Å². The number of nitrogens with zero attached hydrogens (tertiary/aromatic N) is 4. The normalized spacial score (nSPS) is 10.2. The van der Waals surface area contributed by atoms with Crippen molar-refractivity contribution in [3.05, 3.63) is 36.3 Å². The molecule has 8 nitrogen and oxygen atoms in total. The van der Waals surface area contributed by atoms with E-state index in [9.17, 15) is 4.79 Å². The molecule has 19 heavy (non-hydrogen) atoms. The third-order valence-corrected chi connectivity index (χ3v) is 2.50. The summed E-state index contributed by atoms with van der Waals surface area (Å²) in [5.74, 6) is 5.55. The molecule has 0 spiro atoms. The van der Waals surface area contributed by atoms with Gasteiger partial charge < -0.3 is 10.7 Å². The predicted octanol–water partition coefficient (Wildman–Crippen LogP) is -0.221. The van der Waals surface area contributed by atoms with Crippen LogP contribution >= 0.6 is 0 Å². The number of nitrogens with two attached hydrogens (primary N) is 1. The van der Waals surface area contributed by atoms with Gasteiger partial charge >= 0.3 is 0 Å². The highest BCUT2D eigenvalue weighted by Crippen LogP contribution is 2.03. The fourth-order valence-electron chi connectivity index (χ4n) is 1.51. The summed E-state index contributed by atoms with van der Waals surface area (Å²) < 4.78 is 1.72. The average Bonchev–Trinajstić information content (AvgIpc) is 2.96. The SMILES string of the molecule is NNc1ccc(C(=O)NCCCn2ccnn2)cn1. The molecule has 0 unspecified atom stereocenters. The third kappa shape index (κ3) is 3.75. The molecule has 2 rings (SSSR count). The minimum Gasteiger partial charge on any atom is -0.352 e. The van der Waals surface area contributed by atoms with Crippen molar-refractivity contribution in [2.45, 2.75) is 13.0 Å². The van der Waals surface area contributed by atoms with Crippen LogP contribution in [-0.4, -0.2) is 32.4 Å². The van der Waals surface area contributed by atoms with Crippen LogP contribution in [-0.2, 0) is 6.54 Å². The Morgan fingerprint density at radius 2 is 2.32 bits per heavy atom. The van der Waals surface area contributed by atoms with Crippen molar-refractivity contribution in [1.29, 1.82) is 0 Å². The van der Waals surface area contributed by atoms with Gasteiger partial charge in [-0.1, -0.05) is 5.21 Å². The highest BCUT2D eigenvalue weighted by molar-refractivity contribution is 5.93. The van der Waals surface area contributed by atoms with E-state index >= 15 is 0 Å². The number of hydrazine groups is 1. The second-order valence-corrected chi connectivity index (χ2v) is 3.85. The highest BCUT2D eigenvalue weighted by atomic mass is 16.1. The van der Waals surface area contributed by atoms with Gasteiger partial charge in [0.25, 0.3) is 5.91 Å². The van der Waals surface area contributed by atoms with Gasteiger partial charge in [-0.2, -0.15) is 0 Å². The van der Waals surface area contributed by atoms with Gasteiger partial charge in [-0.05, 0) is 18.6 Å². The van der Waals surface area contributed by atoms with E-state index in [2.05, 4.69) is 26.0 Å². The van der Waals surface area contributed by atoms with Crippen molar-refractivity contribution in [3.63, 3.8) is 0 Å². The summed E-state index contributed by atoms with van der Waals surface area (Å²) in [5.41, 5.74) is 2.90. The van der Waals surface area contributed by atoms with E-state index in [0.29, 0.717) is 24.5 Å². The molecule has 100 valence electrons. The van der Waals surface area contributed by atoms with E-state index in [-0.39, 0.29) is 5.91 Å². The predicted molar refractivity (Wildman–Crippen MR) is 69.0 cm³/mol. The first-order valence-electron chi connectivity index (χ1n) is 5.84. The van der Waals surface area contributed by atoms with Gasteiger partial charge in [0, 0.05) is 25.5 Å². The van der Waals surface area contributed by atoms with Gasteiger partial charge in [-0.15, -0.1) is 5.10 Å². The molecule has 0 atom stereocenters. The van der Waals surface area contributed by atoms with Crippen molar-refractivity contribution in [1.82, 2.24) is 25.3 Å². The van der Waals surface area contributed by atoms with Gasteiger partial charge in [0.1, 0.15) is 5.82 Å². The Bertz CT molecular complexity index is 508. The molecular weight excluding hydrogens is 246 g/mol. The Balaban J connectivity index is 1.74. The Hall–Kier alpha value is -2.48. The monoisotopic (exact) mass is 261 g/mol. The molecule has 2 aromatic heterocycles. The number of pyridine rings is 1. The first-order chi connectivity index (χ1) is 9.29. The van der Waals surface area contributed by atoms with E-state index in [0.717, 1.165) is 6.42 Å². The number of carbonyl (C=O) groups is 1. The van der Waals surface area contributed by atoms with Crippen LogP contribution in [0.5, 0.6) is 0 Å². The van der Waals surface area contributed by atoms with E-state index in [1.807, 2.05) is 0 Å². The molecule has 4 N–H and O–H groups in total. The maximum absolute atomic E-state index is 11.8. The molecule has 0 aromatic carbocycles. The van der Waals surface area contributed by atoms with Crippen LogP contribution in [0.3, 0.4) is 0 Å². The third-order valence-electron chi connectivity index (χ3n) is 2.50. The number of aromatic nitrogens is 4. The van der Waals surface area contributed by atoms with Crippen LogP contribution in [0.15, 0.2) is 30.7 Å². The summed E-state index contributed by atoms with van der Waals surface area (Å²) >= 11 is 0. The zero-order chi connectivity index (χ0) is 13.5. The minimum atomic E-state index is -0.158. The Kier molecular flexibility index (Phi) is 4.40. The summed E-state index contributed by atoms with van der Waals surface area (Å²) in [6, 6.07) is 3.30. The lowest BCUT2D eigenvalue weighted by molar-refractivity contribution is 0.0952. The van der Waals surface area contributed by atoms with Gasteiger partial charge in [0.05, 0.1) is 11.8 Å². The highest BCUT2D eigenvalue weighted by Gasteiger charge is 2.05. The number of aryl methyl sites for hydroxylation is 1. The average molecular weight is 261 g/mol. The molecular formula is C11H15N7O. The van der Waals surface area contributed by atoms with Crippen molar-refractivity contribution < 1.29 is 4.79 Å². The van der Waals surface area contributed by atoms with Gasteiger partial charge in [0.2, 0.25) is 0 Å². The lowest BCUT2D eigenvalue weighted by atomic mass is 10.2.